The Morgan fingerprint density at radius 2 is 2.28 bits per heavy atom. The predicted octanol–water partition coefficient (Wildman–Crippen LogP) is 2.58. The van der Waals surface area contributed by atoms with Crippen LogP contribution in [0.4, 0.5) is 5.69 Å². The molecule has 0 saturated heterocycles. The van der Waals surface area contributed by atoms with Crippen LogP contribution in [0.5, 0.6) is 5.75 Å². The summed E-state index contributed by atoms with van der Waals surface area (Å²) in [5, 5.41) is 3.92. The van der Waals surface area contributed by atoms with Crippen LogP contribution in [-0.2, 0) is 5.75 Å². The summed E-state index contributed by atoms with van der Waals surface area (Å²) in [5.74, 6) is 3.60. The zero-order valence-corrected chi connectivity index (χ0v) is 11.2. The molecule has 1 aromatic carbocycles. The fraction of sp³-hybridized carbons (Fsp3) is 0.333. The minimum absolute atomic E-state index is 0.482. The third kappa shape index (κ3) is 2.76. The molecule has 1 heterocycles. The second kappa shape index (κ2) is 5.77. The molecule has 2 N–H and O–H groups in total. The highest BCUT2D eigenvalue weighted by Crippen LogP contribution is 2.27. The van der Waals surface area contributed by atoms with Crippen LogP contribution in [0.3, 0.4) is 0 Å². The van der Waals surface area contributed by atoms with E-state index < -0.39 is 0 Å². The van der Waals surface area contributed by atoms with Crippen molar-refractivity contribution in [2.45, 2.75) is 12.7 Å². The van der Waals surface area contributed by atoms with Crippen molar-refractivity contribution in [1.82, 2.24) is 10.1 Å². The molecule has 2 rings (SSSR count). The third-order valence-corrected chi connectivity index (χ3v) is 3.25. The van der Waals surface area contributed by atoms with Crippen molar-refractivity contribution >= 4 is 17.4 Å². The van der Waals surface area contributed by atoms with Crippen LogP contribution >= 0.6 is 11.8 Å². The number of anilines is 1. The summed E-state index contributed by atoms with van der Waals surface area (Å²) in [4.78, 5) is 4.32. The SMILES string of the molecule is CCSCc1noc(-c2ccc(OC)c(N)c2)n1. The van der Waals surface area contributed by atoms with Crippen molar-refractivity contribution in [2.24, 2.45) is 0 Å². The molecule has 0 bridgehead atoms. The lowest BCUT2D eigenvalue weighted by Gasteiger charge is -2.04. The molecule has 0 amide bonds. The number of benzene rings is 1. The maximum absolute atomic E-state index is 5.84. The summed E-state index contributed by atoms with van der Waals surface area (Å²) in [5.41, 5.74) is 7.19. The van der Waals surface area contributed by atoms with Gasteiger partial charge in [-0.1, -0.05) is 12.1 Å². The highest BCUT2D eigenvalue weighted by Gasteiger charge is 2.10. The fourth-order valence-electron chi connectivity index (χ4n) is 1.49. The zero-order chi connectivity index (χ0) is 13.0. The number of nitrogens with zero attached hydrogens (tertiary/aromatic N) is 2. The first-order valence-electron chi connectivity index (χ1n) is 5.58. The van der Waals surface area contributed by atoms with Gasteiger partial charge < -0.3 is 15.0 Å². The lowest BCUT2D eigenvalue weighted by atomic mass is 10.2. The largest absolute Gasteiger partial charge is 0.495 e. The normalized spacial score (nSPS) is 10.6. The van der Waals surface area contributed by atoms with Gasteiger partial charge in [0.1, 0.15) is 5.75 Å². The number of hydrogen-bond donors (Lipinski definition) is 1. The van der Waals surface area contributed by atoms with Gasteiger partial charge in [-0.05, 0) is 24.0 Å². The molecule has 0 spiro atoms. The molecule has 1 aromatic heterocycles. The minimum atomic E-state index is 0.482. The molecule has 0 saturated carbocycles. The molecule has 18 heavy (non-hydrogen) atoms. The standard InChI is InChI=1S/C12H15N3O2S/c1-3-18-7-11-14-12(17-15-11)8-4-5-10(16-2)9(13)6-8/h4-6H,3,7,13H2,1-2H3. The highest BCUT2D eigenvalue weighted by atomic mass is 32.2. The Morgan fingerprint density at radius 1 is 1.44 bits per heavy atom. The molecule has 0 atom stereocenters. The van der Waals surface area contributed by atoms with Crippen molar-refractivity contribution in [2.75, 3.05) is 18.6 Å². The van der Waals surface area contributed by atoms with Crippen molar-refractivity contribution in [3.63, 3.8) is 0 Å². The van der Waals surface area contributed by atoms with E-state index in [0.717, 1.165) is 17.1 Å². The van der Waals surface area contributed by atoms with Crippen LogP contribution in [0.1, 0.15) is 12.7 Å². The molecule has 96 valence electrons. The molecular weight excluding hydrogens is 250 g/mol. The van der Waals surface area contributed by atoms with Crippen LogP contribution in [0, 0.1) is 0 Å². The maximum Gasteiger partial charge on any atom is 0.258 e. The number of ether oxygens (including phenoxy) is 1. The molecule has 0 fully saturated rings. The van der Waals surface area contributed by atoms with Gasteiger partial charge in [0.2, 0.25) is 0 Å². The van der Waals surface area contributed by atoms with Gasteiger partial charge in [0.25, 0.3) is 5.89 Å². The minimum Gasteiger partial charge on any atom is -0.495 e. The molecule has 0 radical (unpaired) electrons. The van der Waals surface area contributed by atoms with Gasteiger partial charge in [-0.3, -0.25) is 0 Å². The van der Waals surface area contributed by atoms with Gasteiger partial charge in [0.15, 0.2) is 5.82 Å². The number of methoxy groups -OCH3 is 1. The average molecular weight is 265 g/mol. The monoisotopic (exact) mass is 265 g/mol. The van der Waals surface area contributed by atoms with Gasteiger partial charge in [-0.25, -0.2) is 0 Å². The Kier molecular flexibility index (Phi) is 4.09. The summed E-state index contributed by atoms with van der Waals surface area (Å²) < 4.78 is 10.3. The van der Waals surface area contributed by atoms with E-state index in [9.17, 15) is 0 Å². The summed E-state index contributed by atoms with van der Waals surface area (Å²) in [6.07, 6.45) is 0. The summed E-state index contributed by atoms with van der Waals surface area (Å²) in [6.45, 7) is 2.09. The first kappa shape index (κ1) is 12.8. The number of aromatic nitrogens is 2. The molecule has 0 unspecified atom stereocenters. The topological polar surface area (TPSA) is 74.2 Å². The number of rotatable bonds is 5. The second-order valence-corrected chi connectivity index (χ2v) is 4.88. The van der Waals surface area contributed by atoms with E-state index in [-0.39, 0.29) is 0 Å². The van der Waals surface area contributed by atoms with E-state index in [1.165, 1.54) is 0 Å². The second-order valence-electron chi connectivity index (χ2n) is 3.61. The Bertz CT molecular complexity index is 528. The average Bonchev–Trinajstić information content (AvgIpc) is 2.85. The van der Waals surface area contributed by atoms with Gasteiger partial charge >= 0.3 is 0 Å². The predicted molar refractivity (Wildman–Crippen MR) is 72.5 cm³/mol. The first-order chi connectivity index (χ1) is 8.74. The van der Waals surface area contributed by atoms with E-state index in [0.29, 0.717) is 23.2 Å². The number of nitrogen functional groups attached to an aromatic ring is 1. The Morgan fingerprint density at radius 3 is 2.94 bits per heavy atom. The van der Waals surface area contributed by atoms with Gasteiger partial charge in [0.05, 0.1) is 18.6 Å². The summed E-state index contributed by atoms with van der Waals surface area (Å²) >= 11 is 1.75. The van der Waals surface area contributed by atoms with E-state index >= 15 is 0 Å². The van der Waals surface area contributed by atoms with Crippen LogP contribution in [0.25, 0.3) is 11.5 Å². The Balaban J connectivity index is 2.20. The quantitative estimate of drug-likeness (QED) is 0.837. The molecule has 0 aliphatic rings. The van der Waals surface area contributed by atoms with Gasteiger partial charge in [-0.15, -0.1) is 0 Å². The first-order valence-corrected chi connectivity index (χ1v) is 6.74. The van der Waals surface area contributed by atoms with E-state index in [2.05, 4.69) is 17.1 Å². The fourth-order valence-corrected chi connectivity index (χ4v) is 1.99. The molecule has 6 heteroatoms. The molecule has 5 nitrogen and oxygen atoms in total. The van der Waals surface area contributed by atoms with Crippen molar-refractivity contribution in [3.05, 3.63) is 24.0 Å². The van der Waals surface area contributed by atoms with Gasteiger partial charge in [-0.2, -0.15) is 16.7 Å². The van der Waals surface area contributed by atoms with Crippen LogP contribution in [0.15, 0.2) is 22.7 Å². The number of hydrogen-bond acceptors (Lipinski definition) is 6. The number of nitrogens with two attached hydrogens (primary N) is 1. The molecular formula is C12H15N3O2S. The van der Waals surface area contributed by atoms with E-state index in [1.54, 1.807) is 31.0 Å². The maximum atomic E-state index is 5.84. The lowest BCUT2D eigenvalue weighted by molar-refractivity contribution is 0.416. The Hall–Kier alpha value is -1.69. The van der Waals surface area contributed by atoms with Crippen LogP contribution < -0.4 is 10.5 Å². The summed E-state index contributed by atoms with van der Waals surface area (Å²) in [7, 11) is 1.58. The molecule has 0 aliphatic heterocycles. The highest BCUT2D eigenvalue weighted by molar-refractivity contribution is 7.98. The van der Waals surface area contributed by atoms with E-state index in [1.807, 2.05) is 6.07 Å². The van der Waals surface area contributed by atoms with Crippen LogP contribution in [-0.4, -0.2) is 23.0 Å². The molecule has 0 aliphatic carbocycles. The van der Waals surface area contributed by atoms with Crippen molar-refractivity contribution < 1.29 is 9.26 Å². The number of thioether (sulfide) groups is 1. The van der Waals surface area contributed by atoms with Gasteiger partial charge in [0, 0.05) is 5.56 Å². The Labute approximate surface area is 110 Å². The van der Waals surface area contributed by atoms with Crippen LogP contribution in [0.2, 0.25) is 0 Å². The smallest absolute Gasteiger partial charge is 0.258 e. The molecule has 2 aromatic rings. The zero-order valence-electron chi connectivity index (χ0n) is 10.3. The van der Waals surface area contributed by atoms with Crippen molar-refractivity contribution in [3.8, 4) is 17.2 Å². The summed E-state index contributed by atoms with van der Waals surface area (Å²) in [6, 6.07) is 5.40. The van der Waals surface area contributed by atoms with E-state index in [4.69, 9.17) is 15.0 Å². The lowest BCUT2D eigenvalue weighted by Crippen LogP contribution is -1.92. The third-order valence-electron chi connectivity index (χ3n) is 2.38. The van der Waals surface area contributed by atoms with Crippen molar-refractivity contribution in [1.29, 1.82) is 0 Å².